The lowest BCUT2D eigenvalue weighted by Gasteiger charge is -2.40. The van der Waals surface area contributed by atoms with E-state index in [1.165, 1.54) is 25.7 Å². The summed E-state index contributed by atoms with van der Waals surface area (Å²) in [5, 5.41) is 0. The van der Waals surface area contributed by atoms with E-state index in [2.05, 4.69) is 27.9 Å². The quantitative estimate of drug-likeness (QED) is 0.887. The molecule has 1 fully saturated rings. The fourth-order valence-corrected chi connectivity index (χ4v) is 3.04. The number of rotatable bonds is 4. The van der Waals surface area contributed by atoms with E-state index in [0.29, 0.717) is 12.0 Å². The first kappa shape index (κ1) is 13.3. The van der Waals surface area contributed by atoms with Crippen molar-refractivity contribution in [2.24, 2.45) is 11.7 Å². The fraction of sp³-hybridized carbons (Fsp3) is 0.714. The number of anilines is 1. The van der Waals surface area contributed by atoms with E-state index in [0.717, 1.165) is 24.6 Å². The van der Waals surface area contributed by atoms with E-state index in [9.17, 15) is 0 Å². The molecule has 1 aromatic heterocycles. The first-order valence-electron chi connectivity index (χ1n) is 7.01. The summed E-state index contributed by atoms with van der Waals surface area (Å²) in [7, 11) is 0. The molecule has 0 bridgehead atoms. The number of hydrogen-bond acceptors (Lipinski definition) is 4. The Morgan fingerprint density at radius 2 is 2.11 bits per heavy atom. The molecule has 0 amide bonds. The first-order chi connectivity index (χ1) is 8.76. The average Bonchev–Trinajstić information content (AvgIpc) is 2.40. The molecule has 18 heavy (non-hydrogen) atoms. The highest BCUT2D eigenvalue weighted by Crippen LogP contribution is 2.30. The van der Waals surface area contributed by atoms with Crippen LogP contribution in [0.3, 0.4) is 0 Å². The SMILES string of the molecule is CCN(c1cc(C)ncn1)C1CCCCC1CN. The molecule has 0 aromatic carbocycles. The normalized spacial score (nSPS) is 23.9. The molecule has 2 unspecified atom stereocenters. The predicted molar refractivity (Wildman–Crippen MR) is 74.6 cm³/mol. The number of nitrogens with zero attached hydrogens (tertiary/aromatic N) is 3. The van der Waals surface area contributed by atoms with Crippen LogP contribution in [0.1, 0.15) is 38.3 Å². The van der Waals surface area contributed by atoms with Gasteiger partial charge in [-0.05, 0) is 39.2 Å². The molecule has 1 aliphatic carbocycles. The van der Waals surface area contributed by atoms with Crippen molar-refractivity contribution in [2.45, 2.75) is 45.6 Å². The van der Waals surface area contributed by atoms with Crippen LogP contribution in [0.4, 0.5) is 5.82 Å². The minimum Gasteiger partial charge on any atom is -0.353 e. The molecular formula is C14H24N4. The average molecular weight is 248 g/mol. The predicted octanol–water partition coefficient (Wildman–Crippen LogP) is 2.13. The van der Waals surface area contributed by atoms with E-state index in [4.69, 9.17) is 5.73 Å². The number of aryl methyl sites for hydroxylation is 1. The van der Waals surface area contributed by atoms with E-state index in [1.54, 1.807) is 6.33 Å². The molecule has 2 N–H and O–H groups in total. The van der Waals surface area contributed by atoms with Crippen LogP contribution >= 0.6 is 0 Å². The minimum atomic E-state index is 0.544. The van der Waals surface area contributed by atoms with E-state index >= 15 is 0 Å². The van der Waals surface area contributed by atoms with Gasteiger partial charge < -0.3 is 10.6 Å². The first-order valence-corrected chi connectivity index (χ1v) is 7.01. The molecule has 1 aromatic rings. The van der Waals surface area contributed by atoms with Crippen molar-refractivity contribution in [1.29, 1.82) is 0 Å². The van der Waals surface area contributed by atoms with Gasteiger partial charge in [-0.2, -0.15) is 0 Å². The van der Waals surface area contributed by atoms with Gasteiger partial charge in [0.25, 0.3) is 0 Å². The highest BCUT2D eigenvalue weighted by atomic mass is 15.2. The molecule has 1 aliphatic rings. The van der Waals surface area contributed by atoms with Crippen molar-refractivity contribution in [1.82, 2.24) is 9.97 Å². The molecule has 1 heterocycles. The lowest BCUT2D eigenvalue weighted by molar-refractivity contribution is 0.299. The Bertz CT molecular complexity index is 380. The second-order valence-electron chi connectivity index (χ2n) is 5.15. The van der Waals surface area contributed by atoms with E-state index in [-0.39, 0.29) is 0 Å². The Labute approximate surface area is 110 Å². The molecule has 0 spiro atoms. The molecule has 2 rings (SSSR count). The van der Waals surface area contributed by atoms with Gasteiger partial charge in [0.2, 0.25) is 0 Å². The molecule has 100 valence electrons. The molecule has 0 radical (unpaired) electrons. The second-order valence-corrected chi connectivity index (χ2v) is 5.15. The summed E-state index contributed by atoms with van der Waals surface area (Å²) < 4.78 is 0. The molecule has 0 aliphatic heterocycles. The van der Waals surface area contributed by atoms with Crippen LogP contribution in [-0.4, -0.2) is 29.1 Å². The van der Waals surface area contributed by atoms with Gasteiger partial charge in [0.1, 0.15) is 12.1 Å². The Hall–Kier alpha value is -1.16. The van der Waals surface area contributed by atoms with Crippen LogP contribution < -0.4 is 10.6 Å². The zero-order valence-corrected chi connectivity index (χ0v) is 11.5. The molecule has 1 saturated carbocycles. The lowest BCUT2D eigenvalue weighted by Crippen LogP contribution is -2.45. The van der Waals surface area contributed by atoms with Crippen LogP contribution in [0.5, 0.6) is 0 Å². The van der Waals surface area contributed by atoms with Gasteiger partial charge in [-0.3, -0.25) is 0 Å². The summed E-state index contributed by atoms with van der Waals surface area (Å²) in [4.78, 5) is 11.0. The van der Waals surface area contributed by atoms with Crippen LogP contribution in [0, 0.1) is 12.8 Å². The Morgan fingerprint density at radius 3 is 2.78 bits per heavy atom. The smallest absolute Gasteiger partial charge is 0.132 e. The van der Waals surface area contributed by atoms with Crippen LogP contribution in [0.15, 0.2) is 12.4 Å². The third-order valence-electron chi connectivity index (χ3n) is 4.00. The summed E-state index contributed by atoms with van der Waals surface area (Å²) in [5.74, 6) is 1.66. The molecule has 0 saturated heterocycles. The standard InChI is InChI=1S/C14H24N4/c1-3-18(14-8-11(2)16-10-17-14)13-7-5-4-6-12(13)9-15/h8,10,12-13H,3-7,9,15H2,1-2H3. The van der Waals surface area contributed by atoms with Gasteiger partial charge in [0.05, 0.1) is 0 Å². The number of aromatic nitrogens is 2. The third kappa shape index (κ3) is 2.80. The topological polar surface area (TPSA) is 55.0 Å². The lowest BCUT2D eigenvalue weighted by atomic mass is 9.83. The van der Waals surface area contributed by atoms with Crippen molar-refractivity contribution >= 4 is 5.82 Å². The summed E-state index contributed by atoms with van der Waals surface area (Å²) >= 11 is 0. The highest BCUT2D eigenvalue weighted by Gasteiger charge is 2.29. The van der Waals surface area contributed by atoms with Crippen molar-refractivity contribution in [3.8, 4) is 0 Å². The number of nitrogens with two attached hydrogens (primary N) is 1. The van der Waals surface area contributed by atoms with Crippen LogP contribution in [0.25, 0.3) is 0 Å². The van der Waals surface area contributed by atoms with Gasteiger partial charge in [-0.1, -0.05) is 12.8 Å². The molecular weight excluding hydrogens is 224 g/mol. The van der Waals surface area contributed by atoms with Crippen molar-refractivity contribution < 1.29 is 0 Å². The maximum absolute atomic E-state index is 5.93. The monoisotopic (exact) mass is 248 g/mol. The van der Waals surface area contributed by atoms with Crippen LogP contribution in [-0.2, 0) is 0 Å². The third-order valence-corrected chi connectivity index (χ3v) is 4.00. The Morgan fingerprint density at radius 1 is 1.33 bits per heavy atom. The maximum atomic E-state index is 5.93. The van der Waals surface area contributed by atoms with Gasteiger partial charge in [-0.15, -0.1) is 0 Å². The molecule has 2 atom stereocenters. The van der Waals surface area contributed by atoms with Gasteiger partial charge in [0, 0.05) is 24.3 Å². The highest BCUT2D eigenvalue weighted by molar-refractivity contribution is 5.40. The zero-order valence-electron chi connectivity index (χ0n) is 11.5. The van der Waals surface area contributed by atoms with Gasteiger partial charge >= 0.3 is 0 Å². The maximum Gasteiger partial charge on any atom is 0.132 e. The minimum absolute atomic E-state index is 0.544. The second kappa shape index (κ2) is 6.14. The summed E-state index contributed by atoms with van der Waals surface area (Å²) in [6.07, 6.45) is 6.77. The molecule has 4 nitrogen and oxygen atoms in total. The molecule has 4 heteroatoms. The van der Waals surface area contributed by atoms with Crippen molar-refractivity contribution in [3.05, 3.63) is 18.1 Å². The Balaban J connectivity index is 2.21. The van der Waals surface area contributed by atoms with E-state index in [1.807, 2.05) is 6.92 Å². The van der Waals surface area contributed by atoms with Crippen LogP contribution in [0.2, 0.25) is 0 Å². The summed E-state index contributed by atoms with van der Waals surface area (Å²) in [6.45, 7) is 5.97. The largest absolute Gasteiger partial charge is 0.353 e. The summed E-state index contributed by atoms with van der Waals surface area (Å²) in [6, 6.07) is 2.62. The van der Waals surface area contributed by atoms with Crippen molar-refractivity contribution in [2.75, 3.05) is 18.0 Å². The number of hydrogen-bond donors (Lipinski definition) is 1. The van der Waals surface area contributed by atoms with Gasteiger partial charge in [-0.25, -0.2) is 9.97 Å². The fourth-order valence-electron chi connectivity index (χ4n) is 3.04. The van der Waals surface area contributed by atoms with E-state index < -0.39 is 0 Å². The Kier molecular flexibility index (Phi) is 4.53. The van der Waals surface area contributed by atoms with Gasteiger partial charge in [0.15, 0.2) is 0 Å². The summed E-state index contributed by atoms with van der Waals surface area (Å²) in [5.41, 5.74) is 6.96. The zero-order chi connectivity index (χ0) is 13.0. The van der Waals surface area contributed by atoms with Crippen molar-refractivity contribution in [3.63, 3.8) is 0 Å².